The molecule has 4 heteroatoms. The van der Waals surface area contributed by atoms with Gasteiger partial charge in [-0.2, -0.15) is 0 Å². The van der Waals surface area contributed by atoms with Crippen LogP contribution in [0.4, 0.5) is 0 Å². The first kappa shape index (κ1) is 10.7. The van der Waals surface area contributed by atoms with Crippen molar-refractivity contribution in [1.29, 1.82) is 0 Å². The van der Waals surface area contributed by atoms with E-state index >= 15 is 0 Å². The molecule has 0 saturated carbocycles. The van der Waals surface area contributed by atoms with Gasteiger partial charge in [0.25, 0.3) is 0 Å². The van der Waals surface area contributed by atoms with Crippen molar-refractivity contribution in [2.45, 2.75) is 6.92 Å². The van der Waals surface area contributed by atoms with Gasteiger partial charge in [0.05, 0.1) is 23.7 Å². The minimum atomic E-state index is 0.566. The van der Waals surface area contributed by atoms with Gasteiger partial charge in [-0.15, -0.1) is 0 Å². The quantitative estimate of drug-likeness (QED) is 0.816. The lowest BCUT2D eigenvalue weighted by Crippen LogP contribution is -1.93. The molecule has 0 unspecified atom stereocenters. The van der Waals surface area contributed by atoms with Gasteiger partial charge in [-0.1, -0.05) is 11.6 Å². The third-order valence-electron chi connectivity index (χ3n) is 1.72. The Kier molecular flexibility index (Phi) is 3.45. The summed E-state index contributed by atoms with van der Waals surface area (Å²) in [6.07, 6.45) is 0. The molecule has 0 aliphatic carbocycles. The fourth-order valence-electron chi connectivity index (χ4n) is 1.08. The van der Waals surface area contributed by atoms with Gasteiger partial charge in [-0.25, -0.2) is 0 Å². The van der Waals surface area contributed by atoms with Crippen LogP contribution in [0.25, 0.3) is 0 Å². The van der Waals surface area contributed by atoms with E-state index in [1.165, 1.54) is 0 Å². The highest BCUT2D eigenvalue weighted by Gasteiger charge is 2.14. The third-order valence-corrected chi connectivity index (χ3v) is 2.78. The first-order chi connectivity index (χ1) is 6.11. The predicted molar refractivity (Wildman–Crippen MR) is 57.0 cm³/mol. The Hall–Kier alpha value is -0.410. The Balaban J connectivity index is 3.41. The van der Waals surface area contributed by atoms with Crippen molar-refractivity contribution in [1.82, 2.24) is 0 Å². The summed E-state index contributed by atoms with van der Waals surface area (Å²) in [5, 5.41) is 0.586. The van der Waals surface area contributed by atoms with Crippen molar-refractivity contribution in [2.75, 3.05) is 14.2 Å². The standard InChI is InChI=1S/C9H10BrClO2/c1-5-4-6(10)8(12-2)9(13-3)7(5)11/h4H,1-3H3. The van der Waals surface area contributed by atoms with E-state index in [2.05, 4.69) is 15.9 Å². The van der Waals surface area contributed by atoms with Gasteiger partial charge < -0.3 is 9.47 Å². The zero-order chi connectivity index (χ0) is 10.0. The minimum absolute atomic E-state index is 0.566. The minimum Gasteiger partial charge on any atom is -0.492 e. The van der Waals surface area contributed by atoms with Gasteiger partial charge in [-0.3, -0.25) is 0 Å². The lowest BCUT2D eigenvalue weighted by atomic mass is 10.2. The molecule has 2 nitrogen and oxygen atoms in total. The Morgan fingerprint density at radius 3 is 2.23 bits per heavy atom. The van der Waals surface area contributed by atoms with E-state index in [9.17, 15) is 0 Å². The van der Waals surface area contributed by atoms with Crippen LogP contribution < -0.4 is 9.47 Å². The first-order valence-corrected chi connectivity index (χ1v) is 4.85. The second-order valence-electron chi connectivity index (χ2n) is 2.56. The Labute approximate surface area is 90.9 Å². The average molecular weight is 266 g/mol. The van der Waals surface area contributed by atoms with E-state index in [1.807, 2.05) is 13.0 Å². The summed E-state index contributed by atoms with van der Waals surface area (Å²) in [5.41, 5.74) is 0.950. The lowest BCUT2D eigenvalue weighted by molar-refractivity contribution is 0.353. The monoisotopic (exact) mass is 264 g/mol. The van der Waals surface area contributed by atoms with E-state index in [0.29, 0.717) is 16.5 Å². The molecule has 0 amide bonds. The molecule has 0 N–H and O–H groups in total. The average Bonchev–Trinajstić information content (AvgIpc) is 2.10. The third kappa shape index (κ3) is 1.92. The summed E-state index contributed by atoms with van der Waals surface area (Å²) in [6, 6.07) is 1.89. The highest BCUT2D eigenvalue weighted by molar-refractivity contribution is 9.10. The molecule has 0 fully saturated rings. The molecule has 0 heterocycles. The van der Waals surface area contributed by atoms with E-state index in [-0.39, 0.29) is 0 Å². The molecule has 1 aromatic carbocycles. The number of rotatable bonds is 2. The molecule has 0 saturated heterocycles. The molecule has 0 spiro atoms. The van der Waals surface area contributed by atoms with Crippen molar-refractivity contribution in [2.24, 2.45) is 0 Å². The van der Waals surface area contributed by atoms with E-state index in [4.69, 9.17) is 21.1 Å². The van der Waals surface area contributed by atoms with Gasteiger partial charge in [0.2, 0.25) is 0 Å². The van der Waals surface area contributed by atoms with Crippen LogP contribution in [0.3, 0.4) is 0 Å². The number of methoxy groups -OCH3 is 2. The van der Waals surface area contributed by atoms with Crippen molar-refractivity contribution < 1.29 is 9.47 Å². The van der Waals surface area contributed by atoms with Crippen molar-refractivity contribution in [3.63, 3.8) is 0 Å². The van der Waals surface area contributed by atoms with Gasteiger partial charge in [0.1, 0.15) is 0 Å². The van der Waals surface area contributed by atoms with Crippen LogP contribution in [0.5, 0.6) is 11.5 Å². The number of hydrogen-bond donors (Lipinski definition) is 0. The van der Waals surface area contributed by atoms with E-state index in [1.54, 1.807) is 14.2 Å². The van der Waals surface area contributed by atoms with Crippen LogP contribution >= 0.6 is 27.5 Å². The number of ether oxygens (including phenoxy) is 2. The molecule has 0 aliphatic heterocycles. The van der Waals surface area contributed by atoms with Gasteiger partial charge >= 0.3 is 0 Å². The van der Waals surface area contributed by atoms with Gasteiger partial charge in [-0.05, 0) is 34.5 Å². The molecule has 1 rings (SSSR count). The molecular formula is C9H10BrClO2. The predicted octanol–water partition coefficient (Wildman–Crippen LogP) is 3.43. The zero-order valence-corrected chi connectivity index (χ0v) is 9.99. The fourth-order valence-corrected chi connectivity index (χ4v) is 1.98. The maximum absolute atomic E-state index is 6.02. The Bertz CT molecular complexity index is 326. The van der Waals surface area contributed by atoms with E-state index < -0.39 is 0 Å². The maximum atomic E-state index is 6.02. The molecule has 1 aromatic rings. The molecule has 72 valence electrons. The number of benzene rings is 1. The number of aryl methyl sites for hydroxylation is 1. The highest BCUT2D eigenvalue weighted by Crippen LogP contribution is 2.42. The maximum Gasteiger partial charge on any atom is 0.180 e. The SMILES string of the molecule is COc1c(Br)cc(C)c(Cl)c1OC. The number of halogens is 2. The first-order valence-electron chi connectivity index (χ1n) is 3.68. The van der Waals surface area contributed by atoms with Crippen LogP contribution in [0.1, 0.15) is 5.56 Å². The molecule has 0 atom stereocenters. The van der Waals surface area contributed by atoms with Crippen LogP contribution in [-0.4, -0.2) is 14.2 Å². The zero-order valence-electron chi connectivity index (χ0n) is 7.65. The van der Waals surface area contributed by atoms with Gasteiger partial charge in [0, 0.05) is 0 Å². The summed E-state index contributed by atoms with van der Waals surface area (Å²) in [4.78, 5) is 0. The smallest absolute Gasteiger partial charge is 0.180 e. The fraction of sp³-hybridized carbons (Fsp3) is 0.333. The summed E-state index contributed by atoms with van der Waals surface area (Å²) in [5.74, 6) is 1.19. The normalized spacial score (nSPS) is 9.92. The van der Waals surface area contributed by atoms with E-state index in [0.717, 1.165) is 10.0 Å². The van der Waals surface area contributed by atoms with Gasteiger partial charge in [0.15, 0.2) is 11.5 Å². The van der Waals surface area contributed by atoms with Crippen molar-refractivity contribution in [3.05, 3.63) is 21.1 Å². The second kappa shape index (κ2) is 4.20. The van der Waals surface area contributed by atoms with Crippen LogP contribution in [0.15, 0.2) is 10.5 Å². The molecule has 0 aromatic heterocycles. The van der Waals surface area contributed by atoms with Crippen molar-refractivity contribution in [3.8, 4) is 11.5 Å². The number of hydrogen-bond acceptors (Lipinski definition) is 2. The van der Waals surface area contributed by atoms with Crippen LogP contribution in [0.2, 0.25) is 5.02 Å². The molecular weight excluding hydrogens is 255 g/mol. The summed E-state index contributed by atoms with van der Waals surface area (Å²) >= 11 is 9.39. The largest absolute Gasteiger partial charge is 0.492 e. The molecule has 13 heavy (non-hydrogen) atoms. The molecule has 0 radical (unpaired) electrons. The Morgan fingerprint density at radius 2 is 1.77 bits per heavy atom. The summed E-state index contributed by atoms with van der Waals surface area (Å²) in [6.45, 7) is 1.91. The topological polar surface area (TPSA) is 18.5 Å². The summed E-state index contributed by atoms with van der Waals surface area (Å²) < 4.78 is 11.1. The highest BCUT2D eigenvalue weighted by atomic mass is 79.9. The summed E-state index contributed by atoms with van der Waals surface area (Å²) in [7, 11) is 3.14. The second-order valence-corrected chi connectivity index (χ2v) is 3.79. The van der Waals surface area contributed by atoms with Crippen LogP contribution in [0, 0.1) is 6.92 Å². The molecule has 0 aliphatic rings. The lowest BCUT2D eigenvalue weighted by Gasteiger charge is -2.12. The molecule has 0 bridgehead atoms. The van der Waals surface area contributed by atoms with Crippen molar-refractivity contribution >= 4 is 27.5 Å². The Morgan fingerprint density at radius 1 is 1.23 bits per heavy atom. The van der Waals surface area contributed by atoms with Crippen LogP contribution in [-0.2, 0) is 0 Å².